The van der Waals surface area contributed by atoms with E-state index in [0.717, 1.165) is 5.56 Å². The average molecular weight is 446 g/mol. The number of hydrogen-bond acceptors (Lipinski definition) is 5. The molecule has 170 valence electrons. The average Bonchev–Trinajstić information content (AvgIpc) is 3.10. The highest BCUT2D eigenvalue weighted by Crippen LogP contribution is 2.42. The number of methoxy groups -OCH3 is 1. The first-order valence-electron chi connectivity index (χ1n) is 10.4. The van der Waals surface area contributed by atoms with E-state index < -0.39 is 29.8 Å². The first kappa shape index (κ1) is 22.0. The van der Waals surface area contributed by atoms with E-state index in [0.29, 0.717) is 23.4 Å². The van der Waals surface area contributed by atoms with Crippen LogP contribution < -0.4 is 10.3 Å². The number of carboxylic acids is 1. The zero-order valence-corrected chi connectivity index (χ0v) is 18.0. The van der Waals surface area contributed by atoms with E-state index in [9.17, 15) is 28.3 Å². The van der Waals surface area contributed by atoms with Gasteiger partial charge in [-0.2, -0.15) is 0 Å². The topological polar surface area (TPSA) is 88.8 Å². The lowest BCUT2D eigenvalue weighted by Gasteiger charge is -2.34. The number of carbonyl (C=O) groups excluding carboxylic acids is 1. The van der Waals surface area contributed by atoms with Crippen molar-refractivity contribution in [2.75, 3.05) is 25.1 Å². The van der Waals surface area contributed by atoms with Crippen molar-refractivity contribution >= 4 is 17.6 Å². The number of benzene rings is 1. The number of aromatic carboxylic acids is 1. The summed E-state index contributed by atoms with van der Waals surface area (Å²) in [6.07, 6.45) is 1.55. The number of aromatic nitrogens is 1. The first-order chi connectivity index (χ1) is 15.0. The van der Waals surface area contributed by atoms with Crippen LogP contribution >= 0.6 is 0 Å². The molecule has 0 saturated carbocycles. The van der Waals surface area contributed by atoms with Crippen molar-refractivity contribution in [3.05, 3.63) is 51.3 Å². The van der Waals surface area contributed by atoms with E-state index in [-0.39, 0.29) is 36.1 Å². The summed E-state index contributed by atoms with van der Waals surface area (Å²) in [4.78, 5) is 38.0. The van der Waals surface area contributed by atoms with Gasteiger partial charge in [0.25, 0.3) is 5.92 Å². The van der Waals surface area contributed by atoms with Gasteiger partial charge in [0.15, 0.2) is 5.43 Å². The molecular formula is C23H24F2N2O5. The number of carboxylic acid groups (broad SMARTS) is 1. The predicted octanol–water partition coefficient (Wildman–Crippen LogP) is 3.60. The third kappa shape index (κ3) is 3.65. The molecule has 1 atom stereocenters. The molecule has 0 aliphatic carbocycles. The van der Waals surface area contributed by atoms with Crippen molar-refractivity contribution in [1.82, 2.24) is 4.57 Å². The highest BCUT2D eigenvalue weighted by atomic mass is 19.3. The van der Waals surface area contributed by atoms with Gasteiger partial charge in [0.2, 0.25) is 0 Å². The molecule has 1 N–H and O–H groups in total. The van der Waals surface area contributed by atoms with Crippen LogP contribution in [0.1, 0.15) is 52.6 Å². The standard InChI is InChI=1S/C23H24F2N2O5/c1-12(2)17-6-13-7-18(26-5-4-23(24,25)11-26)15(22(31)32-3)8-14(13)19-9-20(28)16(21(29)30)10-27(17)19/h7-10,12,17H,4-6,11H2,1-3H3,(H,29,30). The van der Waals surface area contributed by atoms with E-state index >= 15 is 0 Å². The molecule has 9 heteroatoms. The molecule has 7 nitrogen and oxygen atoms in total. The fourth-order valence-electron chi connectivity index (χ4n) is 4.60. The van der Waals surface area contributed by atoms with Gasteiger partial charge in [-0.1, -0.05) is 13.8 Å². The molecule has 1 aromatic heterocycles. The number of ether oxygens (including phenoxy) is 1. The third-order valence-electron chi connectivity index (χ3n) is 6.28. The molecule has 3 heterocycles. The highest BCUT2D eigenvalue weighted by Gasteiger charge is 2.40. The Balaban J connectivity index is 1.94. The zero-order chi connectivity index (χ0) is 23.4. The number of fused-ring (bicyclic) bond motifs is 3. The summed E-state index contributed by atoms with van der Waals surface area (Å²) >= 11 is 0. The summed E-state index contributed by atoms with van der Waals surface area (Å²) in [6.45, 7) is 3.61. The van der Waals surface area contributed by atoms with E-state index in [1.54, 1.807) is 16.7 Å². The molecule has 0 radical (unpaired) electrons. The lowest BCUT2D eigenvalue weighted by molar-refractivity contribution is 0.0256. The summed E-state index contributed by atoms with van der Waals surface area (Å²) in [5.41, 5.74) is 1.44. The summed E-state index contributed by atoms with van der Waals surface area (Å²) in [6, 6.07) is 4.42. The molecule has 2 aliphatic rings. The van der Waals surface area contributed by atoms with Gasteiger partial charge in [0.05, 0.1) is 30.6 Å². The van der Waals surface area contributed by atoms with Gasteiger partial charge in [-0.15, -0.1) is 0 Å². The Kier molecular flexibility index (Phi) is 5.30. The second-order valence-corrected chi connectivity index (χ2v) is 8.71. The van der Waals surface area contributed by atoms with Crippen LogP contribution in [-0.2, 0) is 11.2 Å². The molecule has 1 saturated heterocycles. The van der Waals surface area contributed by atoms with Crippen LogP contribution in [0.3, 0.4) is 0 Å². The Hall–Kier alpha value is -3.23. The van der Waals surface area contributed by atoms with Crippen molar-refractivity contribution in [2.24, 2.45) is 5.92 Å². The van der Waals surface area contributed by atoms with Gasteiger partial charge < -0.3 is 19.3 Å². The number of alkyl halides is 2. The highest BCUT2D eigenvalue weighted by molar-refractivity contribution is 5.98. The normalized spacial score (nSPS) is 18.9. The molecular weight excluding hydrogens is 422 g/mol. The Morgan fingerprint density at radius 1 is 1.22 bits per heavy atom. The van der Waals surface area contributed by atoms with Crippen molar-refractivity contribution in [2.45, 2.75) is 38.7 Å². The molecule has 0 bridgehead atoms. The number of esters is 1. The van der Waals surface area contributed by atoms with E-state index in [1.807, 2.05) is 13.8 Å². The lowest BCUT2D eigenvalue weighted by Crippen LogP contribution is -2.30. The fourth-order valence-corrected chi connectivity index (χ4v) is 4.60. The van der Waals surface area contributed by atoms with Crippen LogP contribution in [-0.4, -0.2) is 47.7 Å². The fraction of sp³-hybridized carbons (Fsp3) is 0.435. The van der Waals surface area contributed by atoms with Gasteiger partial charge in [0.1, 0.15) is 5.56 Å². The van der Waals surface area contributed by atoms with Crippen molar-refractivity contribution < 1.29 is 28.2 Å². The van der Waals surface area contributed by atoms with Crippen LogP contribution in [0.15, 0.2) is 29.2 Å². The summed E-state index contributed by atoms with van der Waals surface area (Å²) in [7, 11) is 1.22. The predicted molar refractivity (Wildman–Crippen MR) is 114 cm³/mol. The van der Waals surface area contributed by atoms with Crippen molar-refractivity contribution in [3.63, 3.8) is 0 Å². The van der Waals surface area contributed by atoms with Crippen LogP contribution in [0.25, 0.3) is 11.3 Å². The second kappa shape index (κ2) is 7.72. The summed E-state index contributed by atoms with van der Waals surface area (Å²) < 4.78 is 34.5. The minimum Gasteiger partial charge on any atom is -0.477 e. The zero-order valence-electron chi connectivity index (χ0n) is 18.0. The molecule has 1 unspecified atom stereocenters. The Morgan fingerprint density at radius 3 is 2.50 bits per heavy atom. The number of nitrogens with zero attached hydrogens (tertiary/aromatic N) is 2. The Bertz CT molecular complexity index is 1170. The molecule has 2 aliphatic heterocycles. The molecule has 1 fully saturated rings. The SMILES string of the molecule is COC(=O)c1cc2c(cc1N1CCC(F)(F)C1)CC(C(C)C)n1cc(C(=O)O)c(=O)cc1-2. The van der Waals surface area contributed by atoms with E-state index in [1.165, 1.54) is 24.3 Å². The van der Waals surface area contributed by atoms with E-state index in [4.69, 9.17) is 4.74 Å². The van der Waals surface area contributed by atoms with Gasteiger partial charge in [-0.25, -0.2) is 18.4 Å². The van der Waals surface area contributed by atoms with Crippen LogP contribution in [0, 0.1) is 5.92 Å². The number of hydrogen-bond donors (Lipinski definition) is 1. The third-order valence-corrected chi connectivity index (χ3v) is 6.28. The van der Waals surface area contributed by atoms with Gasteiger partial charge in [0, 0.05) is 36.8 Å². The lowest BCUT2D eigenvalue weighted by atomic mass is 9.86. The Labute approximate surface area is 183 Å². The van der Waals surface area contributed by atoms with Crippen LogP contribution in [0.2, 0.25) is 0 Å². The smallest absolute Gasteiger partial charge is 0.341 e. The van der Waals surface area contributed by atoms with Crippen molar-refractivity contribution in [1.29, 1.82) is 0 Å². The second-order valence-electron chi connectivity index (χ2n) is 8.71. The van der Waals surface area contributed by atoms with Gasteiger partial charge in [-0.05, 0) is 30.0 Å². The van der Waals surface area contributed by atoms with Crippen molar-refractivity contribution in [3.8, 4) is 11.3 Å². The quantitative estimate of drug-likeness (QED) is 0.722. The van der Waals surface area contributed by atoms with Gasteiger partial charge in [-0.3, -0.25) is 4.79 Å². The molecule has 0 spiro atoms. The number of halogens is 2. The number of anilines is 1. The number of pyridine rings is 1. The molecule has 32 heavy (non-hydrogen) atoms. The van der Waals surface area contributed by atoms with Crippen LogP contribution in [0.5, 0.6) is 0 Å². The molecule has 2 aromatic rings. The molecule has 1 aromatic carbocycles. The first-order valence-corrected chi connectivity index (χ1v) is 10.4. The summed E-state index contributed by atoms with van der Waals surface area (Å²) in [5, 5.41) is 9.39. The minimum absolute atomic E-state index is 0.103. The van der Waals surface area contributed by atoms with E-state index in [2.05, 4.69) is 0 Å². The van der Waals surface area contributed by atoms with Gasteiger partial charge >= 0.3 is 11.9 Å². The maximum atomic E-state index is 13.9. The van der Waals surface area contributed by atoms with Crippen LogP contribution in [0.4, 0.5) is 14.5 Å². The monoisotopic (exact) mass is 446 g/mol. The molecule has 0 amide bonds. The Morgan fingerprint density at radius 2 is 1.94 bits per heavy atom. The summed E-state index contributed by atoms with van der Waals surface area (Å²) in [5.74, 6) is -4.71. The maximum absolute atomic E-state index is 13.9. The largest absolute Gasteiger partial charge is 0.477 e. The minimum atomic E-state index is -2.84. The number of rotatable bonds is 4. The molecule has 4 rings (SSSR count). The number of carbonyl (C=O) groups is 2. The maximum Gasteiger partial charge on any atom is 0.341 e.